The maximum atomic E-state index is 14.1. The zero-order chi connectivity index (χ0) is 13.3. The minimum Gasteiger partial charge on any atom is -0.487 e. The molecule has 2 nitrogen and oxygen atoms in total. The lowest BCUT2D eigenvalue weighted by atomic mass is 9.90. The summed E-state index contributed by atoms with van der Waals surface area (Å²) in [4.78, 5) is 0. The van der Waals surface area contributed by atoms with Crippen LogP contribution in [0.2, 0.25) is 0 Å². The number of ether oxygens (including phenoxy) is 1. The van der Waals surface area contributed by atoms with E-state index in [1.165, 1.54) is 0 Å². The predicted molar refractivity (Wildman–Crippen MR) is 71.5 cm³/mol. The van der Waals surface area contributed by atoms with Gasteiger partial charge in [-0.15, -0.1) is 0 Å². The van der Waals surface area contributed by atoms with Crippen molar-refractivity contribution >= 4 is 0 Å². The lowest BCUT2D eigenvalue weighted by Crippen LogP contribution is -2.32. The molecule has 1 aromatic carbocycles. The Morgan fingerprint density at radius 1 is 1.44 bits per heavy atom. The number of halogens is 1. The fraction of sp³-hybridized carbons (Fsp3) is 0.600. The van der Waals surface area contributed by atoms with Gasteiger partial charge in [-0.3, -0.25) is 0 Å². The molecule has 0 saturated heterocycles. The average Bonchev–Trinajstić information content (AvgIpc) is 2.27. The Bertz CT molecular complexity index is 442. The minimum absolute atomic E-state index is 0.162. The molecule has 18 heavy (non-hydrogen) atoms. The summed E-state index contributed by atoms with van der Waals surface area (Å²) in [6.45, 7) is 6.68. The van der Waals surface area contributed by atoms with E-state index in [2.05, 4.69) is 0 Å². The van der Waals surface area contributed by atoms with Gasteiger partial charge in [0.2, 0.25) is 0 Å². The van der Waals surface area contributed by atoms with E-state index in [-0.39, 0.29) is 17.3 Å². The third kappa shape index (κ3) is 2.66. The van der Waals surface area contributed by atoms with Crippen LogP contribution in [0.15, 0.2) is 12.1 Å². The van der Waals surface area contributed by atoms with Gasteiger partial charge in [0.1, 0.15) is 17.2 Å². The standard InChI is InChI=1S/C15H22FNO/c1-10(5-7-17)12-8-11-4-6-15(2,3)18-14(11)9-13(12)16/h8-10H,4-7,17H2,1-3H3. The van der Waals surface area contributed by atoms with Crippen LogP contribution in [0.5, 0.6) is 5.75 Å². The van der Waals surface area contributed by atoms with E-state index in [0.29, 0.717) is 12.3 Å². The van der Waals surface area contributed by atoms with Crippen LogP contribution in [0.25, 0.3) is 0 Å². The molecule has 0 saturated carbocycles. The molecule has 0 spiro atoms. The summed E-state index contributed by atoms with van der Waals surface area (Å²) in [5.41, 5.74) is 7.24. The lowest BCUT2D eigenvalue weighted by molar-refractivity contribution is 0.0841. The molecule has 0 amide bonds. The van der Waals surface area contributed by atoms with Crippen LogP contribution in [-0.2, 0) is 6.42 Å². The van der Waals surface area contributed by atoms with Gasteiger partial charge in [-0.05, 0) is 62.8 Å². The fourth-order valence-electron chi connectivity index (χ4n) is 2.48. The molecular formula is C15H22FNO. The van der Waals surface area contributed by atoms with Gasteiger partial charge in [0.05, 0.1) is 0 Å². The fourth-order valence-corrected chi connectivity index (χ4v) is 2.48. The van der Waals surface area contributed by atoms with Crippen LogP contribution in [0, 0.1) is 5.82 Å². The van der Waals surface area contributed by atoms with Crippen molar-refractivity contribution in [1.29, 1.82) is 0 Å². The van der Waals surface area contributed by atoms with E-state index in [1.807, 2.05) is 26.8 Å². The van der Waals surface area contributed by atoms with Crippen molar-refractivity contribution in [3.63, 3.8) is 0 Å². The summed E-state index contributed by atoms with van der Waals surface area (Å²) < 4.78 is 19.9. The molecule has 0 aromatic heterocycles. The molecular weight excluding hydrogens is 229 g/mol. The SMILES string of the molecule is CC(CCN)c1cc2c(cc1F)OC(C)(C)CC2. The molecule has 1 aromatic rings. The van der Waals surface area contributed by atoms with E-state index in [4.69, 9.17) is 10.5 Å². The van der Waals surface area contributed by atoms with Gasteiger partial charge in [-0.25, -0.2) is 4.39 Å². The first-order valence-corrected chi connectivity index (χ1v) is 6.64. The Balaban J connectivity index is 2.32. The topological polar surface area (TPSA) is 35.2 Å². The lowest BCUT2D eigenvalue weighted by Gasteiger charge is -2.33. The largest absolute Gasteiger partial charge is 0.487 e. The van der Waals surface area contributed by atoms with E-state index in [9.17, 15) is 4.39 Å². The highest BCUT2D eigenvalue weighted by Crippen LogP contribution is 2.36. The van der Waals surface area contributed by atoms with Crippen molar-refractivity contribution in [2.75, 3.05) is 6.54 Å². The van der Waals surface area contributed by atoms with Crippen LogP contribution in [0.1, 0.15) is 50.7 Å². The first-order valence-electron chi connectivity index (χ1n) is 6.64. The predicted octanol–water partition coefficient (Wildman–Crippen LogP) is 3.38. The number of benzene rings is 1. The Labute approximate surface area is 108 Å². The van der Waals surface area contributed by atoms with Gasteiger partial charge in [-0.1, -0.05) is 6.92 Å². The average molecular weight is 251 g/mol. The summed E-state index contributed by atoms with van der Waals surface area (Å²) in [6, 6.07) is 3.50. The summed E-state index contributed by atoms with van der Waals surface area (Å²) in [5, 5.41) is 0. The Morgan fingerprint density at radius 3 is 2.83 bits per heavy atom. The van der Waals surface area contributed by atoms with Crippen LogP contribution in [0.3, 0.4) is 0 Å². The van der Waals surface area contributed by atoms with Crippen molar-refractivity contribution < 1.29 is 9.13 Å². The molecule has 0 radical (unpaired) electrons. The Morgan fingerprint density at radius 2 is 2.17 bits per heavy atom. The molecule has 3 heteroatoms. The van der Waals surface area contributed by atoms with E-state index >= 15 is 0 Å². The Hall–Kier alpha value is -1.09. The highest BCUT2D eigenvalue weighted by atomic mass is 19.1. The molecule has 2 N–H and O–H groups in total. The van der Waals surface area contributed by atoms with Crippen molar-refractivity contribution in [1.82, 2.24) is 0 Å². The van der Waals surface area contributed by atoms with Gasteiger partial charge in [0.15, 0.2) is 0 Å². The first kappa shape index (κ1) is 13.3. The van der Waals surface area contributed by atoms with Crippen molar-refractivity contribution in [2.45, 2.75) is 51.6 Å². The molecule has 0 fully saturated rings. The molecule has 1 aliphatic heterocycles. The molecule has 0 aliphatic carbocycles. The van der Waals surface area contributed by atoms with Crippen molar-refractivity contribution in [2.24, 2.45) is 5.73 Å². The van der Waals surface area contributed by atoms with Crippen LogP contribution in [0.4, 0.5) is 4.39 Å². The zero-order valence-corrected chi connectivity index (χ0v) is 11.4. The second-order valence-corrected chi connectivity index (χ2v) is 5.82. The van der Waals surface area contributed by atoms with E-state index < -0.39 is 0 Å². The second-order valence-electron chi connectivity index (χ2n) is 5.82. The third-order valence-corrected chi connectivity index (χ3v) is 3.69. The summed E-state index contributed by atoms with van der Waals surface area (Å²) in [5.74, 6) is 0.690. The number of hydrogen-bond donors (Lipinski definition) is 1. The summed E-state index contributed by atoms with van der Waals surface area (Å²) in [7, 11) is 0. The second kappa shape index (κ2) is 4.88. The highest BCUT2D eigenvalue weighted by Gasteiger charge is 2.28. The van der Waals surface area contributed by atoms with Crippen LogP contribution >= 0.6 is 0 Å². The molecule has 100 valence electrons. The highest BCUT2D eigenvalue weighted by molar-refractivity contribution is 5.41. The number of nitrogens with two attached hydrogens (primary N) is 1. The summed E-state index contributed by atoms with van der Waals surface area (Å²) in [6.07, 6.45) is 2.73. The third-order valence-electron chi connectivity index (χ3n) is 3.69. The van der Waals surface area contributed by atoms with Crippen molar-refractivity contribution in [3.8, 4) is 5.75 Å². The van der Waals surface area contributed by atoms with Gasteiger partial charge in [-0.2, -0.15) is 0 Å². The molecule has 1 unspecified atom stereocenters. The molecule has 1 heterocycles. The Kier molecular flexibility index (Phi) is 3.62. The van der Waals surface area contributed by atoms with E-state index in [1.54, 1.807) is 6.07 Å². The molecule has 1 aliphatic rings. The number of aryl methyl sites for hydroxylation is 1. The zero-order valence-electron chi connectivity index (χ0n) is 11.4. The number of rotatable bonds is 3. The van der Waals surface area contributed by atoms with E-state index in [0.717, 1.165) is 30.4 Å². The van der Waals surface area contributed by atoms with Gasteiger partial charge in [0, 0.05) is 6.07 Å². The number of fused-ring (bicyclic) bond motifs is 1. The number of hydrogen-bond acceptors (Lipinski definition) is 2. The maximum Gasteiger partial charge on any atom is 0.130 e. The first-order chi connectivity index (χ1) is 8.43. The van der Waals surface area contributed by atoms with Gasteiger partial charge in [0.25, 0.3) is 0 Å². The van der Waals surface area contributed by atoms with Gasteiger partial charge >= 0.3 is 0 Å². The molecule has 1 atom stereocenters. The van der Waals surface area contributed by atoms with Crippen molar-refractivity contribution in [3.05, 3.63) is 29.1 Å². The minimum atomic E-state index is -0.191. The smallest absolute Gasteiger partial charge is 0.130 e. The van der Waals surface area contributed by atoms with Crippen LogP contribution < -0.4 is 10.5 Å². The normalized spacial score (nSPS) is 18.9. The molecule has 2 rings (SSSR count). The summed E-state index contributed by atoms with van der Waals surface area (Å²) >= 11 is 0. The van der Waals surface area contributed by atoms with Crippen LogP contribution in [-0.4, -0.2) is 12.1 Å². The molecule has 0 bridgehead atoms. The van der Waals surface area contributed by atoms with Gasteiger partial charge < -0.3 is 10.5 Å². The monoisotopic (exact) mass is 251 g/mol. The maximum absolute atomic E-state index is 14.1. The quantitative estimate of drug-likeness (QED) is 0.893.